The summed E-state index contributed by atoms with van der Waals surface area (Å²) >= 11 is 0. The van der Waals surface area contributed by atoms with Crippen molar-refractivity contribution in [1.29, 1.82) is 0 Å². The number of unbranched alkanes of at least 4 members (excludes halogenated alkanes) is 1. The minimum Gasteiger partial charge on any atom is -0.494 e. The second kappa shape index (κ2) is 7.81. The molecule has 0 aliphatic carbocycles. The molecule has 2 aromatic rings. The first-order valence-corrected chi connectivity index (χ1v) is 8.41. The predicted octanol–water partition coefficient (Wildman–Crippen LogP) is 2.94. The summed E-state index contributed by atoms with van der Waals surface area (Å²) in [6, 6.07) is 7.55. The second-order valence-corrected chi connectivity index (χ2v) is 5.89. The van der Waals surface area contributed by atoms with Crippen LogP contribution in [-0.4, -0.2) is 45.6 Å². The lowest BCUT2D eigenvalue weighted by atomic mass is 10.3. The molecule has 0 spiro atoms. The molecule has 2 heterocycles. The van der Waals surface area contributed by atoms with E-state index in [0.717, 1.165) is 37.3 Å². The van der Waals surface area contributed by atoms with Gasteiger partial charge in [-0.3, -0.25) is 0 Å². The molecule has 24 heavy (non-hydrogen) atoms. The zero-order chi connectivity index (χ0) is 16.8. The van der Waals surface area contributed by atoms with E-state index in [0.29, 0.717) is 13.1 Å². The highest BCUT2D eigenvalue weighted by atomic mass is 16.5. The van der Waals surface area contributed by atoms with E-state index >= 15 is 0 Å². The molecule has 1 aliphatic rings. The quantitative estimate of drug-likeness (QED) is 0.827. The number of carbonyl (C=O) groups is 1. The van der Waals surface area contributed by atoms with Crippen molar-refractivity contribution in [3.05, 3.63) is 36.7 Å². The Hall–Kier alpha value is -2.57. The number of likely N-dealkylation sites (tertiary alicyclic amines) is 1. The van der Waals surface area contributed by atoms with Crippen LogP contribution in [-0.2, 0) is 0 Å². The van der Waals surface area contributed by atoms with Gasteiger partial charge in [0.15, 0.2) is 0 Å². The molecule has 7 nitrogen and oxygen atoms in total. The van der Waals surface area contributed by atoms with Crippen molar-refractivity contribution >= 4 is 11.7 Å². The Balaban J connectivity index is 1.50. The Morgan fingerprint density at radius 1 is 1.29 bits per heavy atom. The number of benzene rings is 1. The SMILES string of the molecule is CCCCOc1ccc(NC(=O)N2CCC(n3nccn3)C2)cc1. The molecule has 1 fully saturated rings. The molecule has 1 atom stereocenters. The lowest BCUT2D eigenvalue weighted by Crippen LogP contribution is -2.33. The van der Waals surface area contributed by atoms with Gasteiger partial charge in [-0.1, -0.05) is 13.3 Å². The number of hydrogen-bond acceptors (Lipinski definition) is 4. The lowest BCUT2D eigenvalue weighted by molar-refractivity contribution is 0.220. The second-order valence-electron chi connectivity index (χ2n) is 5.89. The van der Waals surface area contributed by atoms with Gasteiger partial charge in [0.25, 0.3) is 0 Å². The third kappa shape index (κ3) is 4.04. The van der Waals surface area contributed by atoms with Gasteiger partial charge in [-0.25, -0.2) is 4.79 Å². The fraction of sp³-hybridized carbons (Fsp3) is 0.471. The van der Waals surface area contributed by atoms with Crippen molar-refractivity contribution in [2.45, 2.75) is 32.2 Å². The smallest absolute Gasteiger partial charge is 0.321 e. The molecular formula is C17H23N5O2. The van der Waals surface area contributed by atoms with Gasteiger partial charge in [-0.15, -0.1) is 0 Å². The van der Waals surface area contributed by atoms with E-state index in [1.807, 2.05) is 24.3 Å². The maximum Gasteiger partial charge on any atom is 0.321 e. The molecule has 0 bridgehead atoms. The van der Waals surface area contributed by atoms with Crippen molar-refractivity contribution in [1.82, 2.24) is 19.9 Å². The van der Waals surface area contributed by atoms with Crippen LogP contribution in [0.15, 0.2) is 36.7 Å². The van der Waals surface area contributed by atoms with Crippen LogP contribution in [0.3, 0.4) is 0 Å². The van der Waals surface area contributed by atoms with E-state index < -0.39 is 0 Å². The van der Waals surface area contributed by atoms with Crippen molar-refractivity contribution in [3.63, 3.8) is 0 Å². The standard InChI is InChI=1S/C17H23N5O2/c1-2-3-12-24-16-6-4-14(5-7-16)20-17(23)21-11-8-15(13-21)22-18-9-10-19-22/h4-7,9-10,15H,2-3,8,11-13H2,1H3,(H,20,23). The number of amides is 2. The Kier molecular flexibility index (Phi) is 5.30. The molecule has 7 heteroatoms. The van der Waals surface area contributed by atoms with Gasteiger partial charge in [0.05, 0.1) is 25.0 Å². The van der Waals surface area contributed by atoms with Gasteiger partial charge >= 0.3 is 6.03 Å². The largest absolute Gasteiger partial charge is 0.494 e. The number of anilines is 1. The zero-order valence-corrected chi connectivity index (χ0v) is 13.9. The van der Waals surface area contributed by atoms with E-state index in [1.165, 1.54) is 0 Å². The maximum atomic E-state index is 12.4. The monoisotopic (exact) mass is 329 g/mol. The first kappa shape index (κ1) is 16.3. The fourth-order valence-electron chi connectivity index (χ4n) is 2.70. The third-order valence-electron chi connectivity index (χ3n) is 4.09. The average Bonchev–Trinajstić information content (AvgIpc) is 3.28. The Morgan fingerprint density at radius 3 is 2.75 bits per heavy atom. The van der Waals surface area contributed by atoms with Crippen LogP contribution >= 0.6 is 0 Å². The number of rotatable bonds is 6. The normalized spacial score (nSPS) is 17.0. The number of aromatic nitrogens is 3. The van der Waals surface area contributed by atoms with Crippen molar-refractivity contribution in [2.75, 3.05) is 25.0 Å². The molecular weight excluding hydrogens is 306 g/mol. The van der Waals surface area contributed by atoms with E-state index in [1.54, 1.807) is 22.1 Å². The molecule has 2 amide bonds. The minimum atomic E-state index is -0.0932. The summed E-state index contributed by atoms with van der Waals surface area (Å²) in [4.78, 5) is 15.8. The van der Waals surface area contributed by atoms with Gasteiger partial charge in [-0.05, 0) is 37.1 Å². The summed E-state index contributed by atoms with van der Waals surface area (Å²) in [6.07, 6.45) is 6.34. The summed E-state index contributed by atoms with van der Waals surface area (Å²) in [5.74, 6) is 0.826. The summed E-state index contributed by atoms with van der Waals surface area (Å²) in [6.45, 7) is 4.18. The van der Waals surface area contributed by atoms with Gasteiger partial charge in [0.1, 0.15) is 5.75 Å². The van der Waals surface area contributed by atoms with Crippen molar-refractivity contribution in [3.8, 4) is 5.75 Å². The molecule has 3 rings (SSSR count). The first-order chi connectivity index (χ1) is 11.8. The predicted molar refractivity (Wildman–Crippen MR) is 91.1 cm³/mol. The van der Waals surface area contributed by atoms with Crippen LogP contribution in [0.5, 0.6) is 5.75 Å². The molecule has 1 aromatic carbocycles. The number of nitrogens with zero attached hydrogens (tertiary/aromatic N) is 4. The third-order valence-corrected chi connectivity index (χ3v) is 4.09. The zero-order valence-electron chi connectivity index (χ0n) is 13.9. The van der Waals surface area contributed by atoms with E-state index in [2.05, 4.69) is 22.4 Å². The molecule has 0 saturated carbocycles. The molecule has 1 N–H and O–H groups in total. The Labute approximate surface area is 141 Å². The van der Waals surface area contributed by atoms with Crippen LogP contribution in [0, 0.1) is 0 Å². The molecule has 1 saturated heterocycles. The number of urea groups is 1. The summed E-state index contributed by atoms with van der Waals surface area (Å²) in [7, 11) is 0. The average molecular weight is 329 g/mol. The first-order valence-electron chi connectivity index (χ1n) is 8.41. The summed E-state index contributed by atoms with van der Waals surface area (Å²) in [5.41, 5.74) is 0.767. The van der Waals surface area contributed by atoms with Crippen LogP contribution < -0.4 is 10.1 Å². The summed E-state index contributed by atoms with van der Waals surface area (Å²) in [5, 5.41) is 11.2. The van der Waals surface area contributed by atoms with E-state index in [9.17, 15) is 4.79 Å². The molecule has 1 aromatic heterocycles. The minimum absolute atomic E-state index is 0.0932. The van der Waals surface area contributed by atoms with Crippen LogP contribution in [0.4, 0.5) is 10.5 Å². The van der Waals surface area contributed by atoms with Crippen LogP contribution in [0.25, 0.3) is 0 Å². The number of nitrogens with one attached hydrogen (secondary N) is 1. The van der Waals surface area contributed by atoms with E-state index in [-0.39, 0.29) is 12.1 Å². The number of carbonyl (C=O) groups excluding carboxylic acids is 1. The van der Waals surface area contributed by atoms with E-state index in [4.69, 9.17) is 4.74 Å². The van der Waals surface area contributed by atoms with Crippen molar-refractivity contribution < 1.29 is 9.53 Å². The highest BCUT2D eigenvalue weighted by Crippen LogP contribution is 2.21. The highest BCUT2D eigenvalue weighted by Gasteiger charge is 2.28. The molecule has 1 unspecified atom stereocenters. The van der Waals surface area contributed by atoms with Crippen molar-refractivity contribution in [2.24, 2.45) is 0 Å². The molecule has 0 radical (unpaired) electrons. The van der Waals surface area contributed by atoms with Gasteiger partial charge in [0, 0.05) is 18.8 Å². The highest BCUT2D eigenvalue weighted by molar-refractivity contribution is 5.89. The molecule has 1 aliphatic heterocycles. The Morgan fingerprint density at radius 2 is 2.04 bits per heavy atom. The Bertz CT molecular complexity index is 642. The maximum absolute atomic E-state index is 12.4. The van der Waals surface area contributed by atoms with Crippen LogP contribution in [0.1, 0.15) is 32.2 Å². The molecule has 128 valence electrons. The topological polar surface area (TPSA) is 72.3 Å². The van der Waals surface area contributed by atoms with Crippen LogP contribution in [0.2, 0.25) is 0 Å². The van der Waals surface area contributed by atoms with Gasteiger partial charge in [-0.2, -0.15) is 15.0 Å². The fourth-order valence-corrected chi connectivity index (χ4v) is 2.70. The van der Waals surface area contributed by atoms with Gasteiger partial charge < -0.3 is 15.0 Å². The number of ether oxygens (including phenoxy) is 1. The number of hydrogen-bond donors (Lipinski definition) is 1. The van der Waals surface area contributed by atoms with Gasteiger partial charge in [0.2, 0.25) is 0 Å². The lowest BCUT2D eigenvalue weighted by Gasteiger charge is -2.17. The summed E-state index contributed by atoms with van der Waals surface area (Å²) < 4.78 is 5.62.